The first kappa shape index (κ1) is 23.4. The van der Waals surface area contributed by atoms with Crippen molar-refractivity contribution >= 4 is 29.9 Å². The van der Waals surface area contributed by atoms with Gasteiger partial charge in [-0.15, -0.1) is 34.2 Å². The minimum atomic E-state index is 0. The van der Waals surface area contributed by atoms with Crippen LogP contribution in [0.5, 0.6) is 0 Å². The largest absolute Gasteiger partial charge is 0.357 e. The second-order valence-electron chi connectivity index (χ2n) is 8.57. The van der Waals surface area contributed by atoms with Crippen LogP contribution in [0.25, 0.3) is 0 Å². The first-order chi connectivity index (χ1) is 13.1. The molecule has 1 fully saturated rings. The number of nitrogens with one attached hydrogen (secondary N) is 1. The van der Waals surface area contributed by atoms with Crippen LogP contribution >= 0.6 is 24.0 Å². The van der Waals surface area contributed by atoms with E-state index in [0.717, 1.165) is 57.3 Å². The number of hydrogen-bond donors (Lipinski definition) is 1. The van der Waals surface area contributed by atoms with Gasteiger partial charge in [-0.25, -0.2) is 0 Å². The molecule has 1 aromatic heterocycles. The Morgan fingerprint density at radius 2 is 2.00 bits per heavy atom. The first-order valence-corrected chi connectivity index (χ1v) is 11.1. The van der Waals surface area contributed by atoms with E-state index in [0.29, 0.717) is 5.41 Å². The van der Waals surface area contributed by atoms with E-state index >= 15 is 0 Å². The molecule has 1 N–H and O–H groups in total. The molecule has 3 heterocycles. The maximum absolute atomic E-state index is 4.96. The number of aryl methyl sites for hydroxylation is 1. The Labute approximate surface area is 188 Å². The van der Waals surface area contributed by atoms with Crippen LogP contribution in [0.2, 0.25) is 0 Å². The predicted molar refractivity (Wildman–Crippen MR) is 126 cm³/mol. The summed E-state index contributed by atoms with van der Waals surface area (Å²) in [4.78, 5) is 7.44. The molecular weight excluding hydrogens is 463 g/mol. The lowest BCUT2D eigenvalue weighted by Gasteiger charge is -2.42. The molecule has 1 saturated heterocycles. The van der Waals surface area contributed by atoms with Gasteiger partial charge in [0.15, 0.2) is 5.96 Å². The molecule has 160 valence electrons. The Bertz CT molecular complexity index is 624. The molecule has 0 saturated carbocycles. The summed E-state index contributed by atoms with van der Waals surface area (Å²) in [5.74, 6) is 3.36. The second kappa shape index (κ2) is 11.4. The van der Waals surface area contributed by atoms with Crippen molar-refractivity contribution in [1.29, 1.82) is 0 Å². The molecule has 3 rings (SSSR count). The summed E-state index contributed by atoms with van der Waals surface area (Å²) >= 11 is 0. The van der Waals surface area contributed by atoms with E-state index in [-0.39, 0.29) is 24.0 Å². The number of rotatable bonds is 6. The van der Waals surface area contributed by atoms with Gasteiger partial charge in [0.25, 0.3) is 0 Å². The Hall–Kier alpha value is -0.860. The van der Waals surface area contributed by atoms with Crippen molar-refractivity contribution in [2.24, 2.45) is 10.4 Å². The Morgan fingerprint density at radius 3 is 2.79 bits per heavy atom. The quantitative estimate of drug-likeness (QED) is 0.363. The number of piperidine rings is 1. The van der Waals surface area contributed by atoms with Gasteiger partial charge in [0.1, 0.15) is 11.6 Å². The van der Waals surface area contributed by atoms with Crippen LogP contribution in [-0.4, -0.2) is 51.8 Å². The molecule has 0 aliphatic carbocycles. The van der Waals surface area contributed by atoms with Gasteiger partial charge >= 0.3 is 0 Å². The summed E-state index contributed by atoms with van der Waals surface area (Å²) in [6.45, 7) is 11.9. The van der Waals surface area contributed by atoms with E-state index in [1.54, 1.807) is 0 Å². The fourth-order valence-corrected chi connectivity index (χ4v) is 4.72. The number of nitrogens with zero attached hydrogens (tertiary/aromatic N) is 5. The molecule has 28 heavy (non-hydrogen) atoms. The summed E-state index contributed by atoms with van der Waals surface area (Å²) in [5.41, 5.74) is 0.424. The van der Waals surface area contributed by atoms with E-state index < -0.39 is 0 Å². The van der Waals surface area contributed by atoms with Crippen molar-refractivity contribution in [2.45, 2.75) is 85.1 Å². The van der Waals surface area contributed by atoms with Crippen molar-refractivity contribution < 1.29 is 0 Å². The number of guanidine groups is 1. The van der Waals surface area contributed by atoms with Crippen molar-refractivity contribution in [1.82, 2.24) is 25.0 Å². The van der Waals surface area contributed by atoms with E-state index in [4.69, 9.17) is 4.99 Å². The zero-order valence-electron chi connectivity index (χ0n) is 18.0. The topological polar surface area (TPSA) is 58.3 Å². The van der Waals surface area contributed by atoms with Gasteiger partial charge in [0.2, 0.25) is 0 Å². The van der Waals surface area contributed by atoms with E-state index in [1.807, 2.05) is 0 Å². The Morgan fingerprint density at radius 1 is 1.14 bits per heavy atom. The van der Waals surface area contributed by atoms with Gasteiger partial charge in [-0.05, 0) is 44.4 Å². The number of halogens is 1. The Balaban J connectivity index is 0.00000280. The third kappa shape index (κ3) is 6.07. The summed E-state index contributed by atoms with van der Waals surface area (Å²) in [6, 6.07) is 0. The minimum absolute atomic E-state index is 0. The molecule has 6 nitrogen and oxygen atoms in total. The molecule has 0 amide bonds. The summed E-state index contributed by atoms with van der Waals surface area (Å²) in [6.07, 6.45) is 10.9. The lowest BCUT2D eigenvalue weighted by Crippen LogP contribution is -2.49. The SMILES string of the molecule is CCCC1(C)CCCN(C(=NCCc2nnc3n2CCCCC3)NCC)C1.I. The van der Waals surface area contributed by atoms with Crippen LogP contribution < -0.4 is 5.32 Å². The van der Waals surface area contributed by atoms with Crippen LogP contribution in [-0.2, 0) is 19.4 Å². The van der Waals surface area contributed by atoms with E-state index in [9.17, 15) is 0 Å². The van der Waals surface area contributed by atoms with Gasteiger partial charge in [-0.3, -0.25) is 4.99 Å². The van der Waals surface area contributed by atoms with Gasteiger partial charge in [0, 0.05) is 45.6 Å². The van der Waals surface area contributed by atoms with Crippen LogP contribution in [0.4, 0.5) is 0 Å². The van der Waals surface area contributed by atoms with Gasteiger partial charge in [-0.2, -0.15) is 0 Å². The average Bonchev–Trinajstić information content (AvgIpc) is 2.87. The monoisotopic (exact) mass is 502 g/mol. The van der Waals surface area contributed by atoms with E-state index in [1.165, 1.54) is 50.8 Å². The zero-order chi connectivity index (χ0) is 19.1. The third-order valence-electron chi connectivity index (χ3n) is 6.05. The number of aliphatic imine (C=N–C) groups is 1. The number of hydrogen-bond acceptors (Lipinski definition) is 3. The molecule has 0 bridgehead atoms. The number of aromatic nitrogens is 3. The summed E-state index contributed by atoms with van der Waals surface area (Å²) < 4.78 is 2.34. The molecule has 0 aromatic carbocycles. The van der Waals surface area contributed by atoms with E-state index in [2.05, 4.69) is 45.8 Å². The molecule has 7 heteroatoms. The molecule has 1 aromatic rings. The standard InChI is InChI=1S/C21H38N6.HI/c1-4-12-21(3)13-9-15-26(17-21)20(22-5-2)23-14-11-19-25-24-18-10-7-6-8-16-27(18)19;/h4-17H2,1-3H3,(H,22,23);1H. The molecule has 1 atom stereocenters. The zero-order valence-corrected chi connectivity index (χ0v) is 20.4. The highest BCUT2D eigenvalue weighted by molar-refractivity contribution is 14.0. The van der Waals surface area contributed by atoms with Gasteiger partial charge < -0.3 is 14.8 Å². The van der Waals surface area contributed by atoms with Crippen LogP contribution in [0.1, 0.15) is 77.4 Å². The number of fused-ring (bicyclic) bond motifs is 1. The highest BCUT2D eigenvalue weighted by Crippen LogP contribution is 2.33. The van der Waals surface area contributed by atoms with Crippen molar-refractivity contribution in [2.75, 3.05) is 26.2 Å². The lowest BCUT2D eigenvalue weighted by atomic mass is 9.78. The normalized spacial score (nSPS) is 23.0. The number of likely N-dealkylation sites (tertiary alicyclic amines) is 1. The van der Waals surface area contributed by atoms with Crippen molar-refractivity contribution in [3.8, 4) is 0 Å². The molecule has 2 aliphatic rings. The summed E-state index contributed by atoms with van der Waals surface area (Å²) in [5, 5.41) is 12.4. The van der Waals surface area contributed by atoms with Crippen molar-refractivity contribution in [3.05, 3.63) is 11.6 Å². The van der Waals surface area contributed by atoms with Crippen LogP contribution in [0.15, 0.2) is 4.99 Å². The fraction of sp³-hybridized carbons (Fsp3) is 0.857. The van der Waals surface area contributed by atoms with Crippen molar-refractivity contribution in [3.63, 3.8) is 0 Å². The summed E-state index contributed by atoms with van der Waals surface area (Å²) in [7, 11) is 0. The molecule has 1 unspecified atom stereocenters. The third-order valence-corrected chi connectivity index (χ3v) is 6.05. The fourth-order valence-electron chi connectivity index (χ4n) is 4.72. The molecule has 0 radical (unpaired) electrons. The molecule has 2 aliphatic heterocycles. The van der Waals surface area contributed by atoms with Crippen LogP contribution in [0.3, 0.4) is 0 Å². The average molecular weight is 502 g/mol. The minimum Gasteiger partial charge on any atom is -0.357 e. The maximum Gasteiger partial charge on any atom is 0.193 e. The lowest BCUT2D eigenvalue weighted by molar-refractivity contribution is 0.142. The predicted octanol–water partition coefficient (Wildman–Crippen LogP) is 4.03. The smallest absolute Gasteiger partial charge is 0.193 e. The Kier molecular flexibility index (Phi) is 9.50. The van der Waals surface area contributed by atoms with Crippen LogP contribution in [0, 0.1) is 5.41 Å². The molecular formula is C21H39IN6. The highest BCUT2D eigenvalue weighted by atomic mass is 127. The molecule has 0 spiro atoms. The highest BCUT2D eigenvalue weighted by Gasteiger charge is 2.31. The van der Waals surface area contributed by atoms with Gasteiger partial charge in [0.05, 0.1) is 0 Å². The first-order valence-electron chi connectivity index (χ1n) is 11.1. The second-order valence-corrected chi connectivity index (χ2v) is 8.57. The van der Waals surface area contributed by atoms with Gasteiger partial charge in [-0.1, -0.05) is 26.7 Å². The maximum atomic E-state index is 4.96.